The van der Waals surface area contributed by atoms with Crippen LogP contribution in [-0.4, -0.2) is 61.9 Å². The Morgan fingerprint density at radius 1 is 1.55 bits per heavy atom. The Morgan fingerprint density at radius 3 is 2.68 bits per heavy atom. The molecule has 22 heavy (non-hydrogen) atoms. The minimum atomic E-state index is -4.43. The second-order valence-corrected chi connectivity index (χ2v) is 6.80. The van der Waals surface area contributed by atoms with E-state index < -0.39 is 31.1 Å². The molecule has 2 heterocycles. The maximum absolute atomic E-state index is 12.0. The topological polar surface area (TPSA) is 131 Å². The summed E-state index contributed by atoms with van der Waals surface area (Å²) in [5.41, 5.74) is -1.03. The molecule has 0 aliphatic carbocycles. The summed E-state index contributed by atoms with van der Waals surface area (Å²) < 4.78 is 22.8. The molecule has 9 nitrogen and oxygen atoms in total. The van der Waals surface area contributed by atoms with Gasteiger partial charge < -0.3 is 19.3 Å². The van der Waals surface area contributed by atoms with Gasteiger partial charge in [-0.15, -0.1) is 0 Å². The first-order valence-electron chi connectivity index (χ1n) is 6.28. The number of hydrogen-bond acceptors (Lipinski definition) is 5. The van der Waals surface area contributed by atoms with E-state index in [9.17, 15) is 14.2 Å². The fourth-order valence-corrected chi connectivity index (χ4v) is 2.54. The van der Waals surface area contributed by atoms with Crippen molar-refractivity contribution in [3.8, 4) is 0 Å². The second kappa shape index (κ2) is 7.11. The molecular weight excluding hydrogens is 326 g/mol. The first kappa shape index (κ1) is 19.8. The Labute approximate surface area is 148 Å². The summed E-state index contributed by atoms with van der Waals surface area (Å²) >= 11 is 0. The number of aryl methyl sites for hydroxylation is 1. The number of ether oxygens (including phenoxy) is 2. The van der Waals surface area contributed by atoms with Crippen molar-refractivity contribution in [2.75, 3.05) is 13.0 Å². The summed E-state index contributed by atoms with van der Waals surface area (Å²) in [6.07, 6.45) is 0.613. The van der Waals surface area contributed by atoms with Crippen molar-refractivity contribution in [1.82, 2.24) is 9.55 Å². The third-order valence-electron chi connectivity index (χ3n) is 3.15. The van der Waals surface area contributed by atoms with Crippen LogP contribution in [0.4, 0.5) is 0 Å². The molecule has 1 radical (unpaired) electrons. The van der Waals surface area contributed by atoms with Crippen molar-refractivity contribution in [3.63, 3.8) is 0 Å². The van der Waals surface area contributed by atoms with Crippen molar-refractivity contribution < 1.29 is 23.8 Å². The van der Waals surface area contributed by atoms with E-state index in [1.54, 1.807) is 0 Å². The van der Waals surface area contributed by atoms with Crippen molar-refractivity contribution in [2.24, 2.45) is 5.92 Å². The van der Waals surface area contributed by atoms with Gasteiger partial charge in [0.15, 0.2) is 6.35 Å². The van der Waals surface area contributed by atoms with Crippen LogP contribution < -0.4 is 11.2 Å². The molecule has 0 saturated carbocycles. The molecule has 11 heteroatoms. The second-order valence-electron chi connectivity index (χ2n) is 5.21. The standard InChI is InChI=1S/C11H17N2O7P.Na/c1-7-3-11(19-5-7,20-6-21(16,17)18)13-4-8(2)9(14)12-10(13)15;/h4,7H,3,5-6H2,1-2H3,(H,12,14,15)(H2,16,17,18);. The van der Waals surface area contributed by atoms with Gasteiger partial charge in [-0.1, -0.05) is 6.92 Å². The number of hydrogen-bond donors (Lipinski definition) is 3. The van der Waals surface area contributed by atoms with Crippen LogP contribution in [0, 0.1) is 12.8 Å². The molecule has 0 aromatic carbocycles. The summed E-state index contributed by atoms with van der Waals surface area (Å²) in [6, 6.07) is 0. The Hall–Kier alpha value is -0.250. The smallest absolute Gasteiger partial charge is 0.332 e. The van der Waals surface area contributed by atoms with E-state index in [0.717, 1.165) is 4.57 Å². The largest absolute Gasteiger partial charge is 0.351 e. The predicted octanol–water partition coefficient (Wildman–Crippen LogP) is -0.717. The van der Waals surface area contributed by atoms with Crippen LogP contribution in [0.5, 0.6) is 0 Å². The van der Waals surface area contributed by atoms with Gasteiger partial charge in [-0.25, -0.2) is 9.36 Å². The summed E-state index contributed by atoms with van der Waals surface area (Å²) in [4.78, 5) is 43.4. The zero-order valence-electron chi connectivity index (χ0n) is 12.6. The Kier molecular flexibility index (Phi) is 6.39. The molecular formula is C11H17N2NaO7P. The van der Waals surface area contributed by atoms with E-state index in [4.69, 9.17) is 19.3 Å². The van der Waals surface area contributed by atoms with Crippen molar-refractivity contribution in [1.29, 1.82) is 0 Å². The van der Waals surface area contributed by atoms with E-state index in [0.29, 0.717) is 0 Å². The zero-order chi connectivity index (χ0) is 15.8. The fourth-order valence-electron chi connectivity index (χ4n) is 2.17. The first-order valence-corrected chi connectivity index (χ1v) is 8.08. The maximum Gasteiger partial charge on any atom is 0.351 e. The van der Waals surface area contributed by atoms with E-state index in [-0.39, 0.29) is 54.1 Å². The van der Waals surface area contributed by atoms with Gasteiger partial charge in [0.2, 0.25) is 0 Å². The fraction of sp³-hybridized carbons (Fsp3) is 0.636. The monoisotopic (exact) mass is 343 g/mol. The van der Waals surface area contributed by atoms with E-state index >= 15 is 0 Å². The summed E-state index contributed by atoms with van der Waals surface area (Å²) in [6.45, 7) is 3.63. The van der Waals surface area contributed by atoms with Crippen molar-refractivity contribution >= 4 is 37.2 Å². The van der Waals surface area contributed by atoms with Gasteiger partial charge in [0.1, 0.15) is 0 Å². The van der Waals surface area contributed by atoms with Gasteiger partial charge in [-0.3, -0.25) is 14.3 Å². The van der Waals surface area contributed by atoms with Gasteiger partial charge in [0.25, 0.3) is 11.5 Å². The molecule has 0 amide bonds. The summed E-state index contributed by atoms with van der Waals surface area (Å²) in [5, 5.41) is 0. The minimum absolute atomic E-state index is 0. The normalized spacial score (nSPS) is 25.0. The van der Waals surface area contributed by atoms with E-state index in [1.165, 1.54) is 13.1 Å². The van der Waals surface area contributed by atoms with Crippen LogP contribution >= 0.6 is 7.60 Å². The van der Waals surface area contributed by atoms with Gasteiger partial charge in [0.05, 0.1) is 6.61 Å². The molecule has 1 saturated heterocycles. The molecule has 1 aliphatic heterocycles. The number of nitrogens with one attached hydrogen (secondary N) is 1. The molecule has 1 aliphatic rings. The molecule has 0 bridgehead atoms. The SMILES string of the molecule is Cc1cn(C2(OCP(=O)(O)O)CC(C)CO2)c(=O)[nH]c1=O.[Na]. The summed E-state index contributed by atoms with van der Waals surface area (Å²) in [5.74, 6) is -1.59. The van der Waals surface area contributed by atoms with Crippen molar-refractivity contribution in [2.45, 2.75) is 26.2 Å². The molecule has 3 N–H and O–H groups in total. The van der Waals surface area contributed by atoms with Gasteiger partial charge in [0, 0.05) is 47.7 Å². The number of aromatic nitrogens is 2. The van der Waals surface area contributed by atoms with Crippen molar-refractivity contribution in [3.05, 3.63) is 32.6 Å². The predicted molar refractivity (Wildman–Crippen MR) is 77.5 cm³/mol. The van der Waals surface area contributed by atoms with E-state index in [1.807, 2.05) is 6.92 Å². The summed E-state index contributed by atoms with van der Waals surface area (Å²) in [7, 11) is -4.43. The van der Waals surface area contributed by atoms with Gasteiger partial charge >= 0.3 is 13.3 Å². The number of aromatic amines is 1. The van der Waals surface area contributed by atoms with Crippen LogP contribution in [0.1, 0.15) is 18.9 Å². The number of nitrogens with zero attached hydrogens (tertiary/aromatic N) is 1. The van der Waals surface area contributed by atoms with E-state index in [2.05, 4.69) is 4.98 Å². The third kappa shape index (κ3) is 4.39. The Balaban J connectivity index is 0.00000242. The van der Waals surface area contributed by atoms with Crippen LogP contribution in [-0.2, 0) is 19.9 Å². The first-order chi connectivity index (χ1) is 9.63. The molecule has 1 aromatic heterocycles. The average Bonchev–Trinajstić information content (AvgIpc) is 2.73. The third-order valence-corrected chi connectivity index (χ3v) is 3.61. The molecule has 1 fully saturated rings. The molecule has 1 aromatic rings. The zero-order valence-corrected chi connectivity index (χ0v) is 15.5. The van der Waals surface area contributed by atoms with Crippen LogP contribution in [0.3, 0.4) is 0 Å². The van der Waals surface area contributed by atoms with Gasteiger partial charge in [-0.05, 0) is 12.8 Å². The molecule has 119 valence electrons. The number of H-pyrrole nitrogens is 1. The molecule has 0 spiro atoms. The van der Waals surface area contributed by atoms with Crippen LogP contribution in [0.2, 0.25) is 0 Å². The quantitative estimate of drug-likeness (QED) is 0.486. The maximum atomic E-state index is 12.0. The number of rotatable bonds is 4. The molecule has 2 atom stereocenters. The molecule has 2 rings (SSSR count). The minimum Gasteiger partial charge on any atom is -0.332 e. The van der Waals surface area contributed by atoms with Crippen LogP contribution in [0.25, 0.3) is 0 Å². The average molecular weight is 343 g/mol. The van der Waals surface area contributed by atoms with Gasteiger partial charge in [-0.2, -0.15) is 0 Å². The van der Waals surface area contributed by atoms with Crippen LogP contribution in [0.15, 0.2) is 15.8 Å². The Bertz CT molecular complexity index is 696. The molecule has 2 unspecified atom stereocenters. The Morgan fingerprint density at radius 2 is 2.18 bits per heavy atom.